The summed E-state index contributed by atoms with van der Waals surface area (Å²) in [7, 11) is 0. The van der Waals surface area contributed by atoms with Crippen molar-refractivity contribution in [1.82, 2.24) is 10.5 Å². The number of hydrogen-bond donors (Lipinski definition) is 1. The van der Waals surface area contributed by atoms with Gasteiger partial charge in [0.05, 0.1) is 11.4 Å². The fourth-order valence-corrected chi connectivity index (χ4v) is 0.798. The van der Waals surface area contributed by atoms with E-state index in [2.05, 4.69) is 10.5 Å². The van der Waals surface area contributed by atoms with Crippen LogP contribution >= 0.6 is 0 Å². The van der Waals surface area contributed by atoms with Gasteiger partial charge in [-0.15, -0.1) is 0 Å². The molecule has 0 aliphatic carbocycles. The van der Waals surface area contributed by atoms with Crippen LogP contribution in [0.15, 0.2) is 16.9 Å². The molecular formula is C6H8F3N3. The van der Waals surface area contributed by atoms with Crippen LogP contribution in [0.1, 0.15) is 0 Å². The molecule has 68 valence electrons. The lowest BCUT2D eigenvalue weighted by Crippen LogP contribution is -2.37. The monoisotopic (exact) mass is 179 g/mol. The standard InChI is InChI=1S/C6H8F3N3/c7-2-5-1-6(3-8)11-12(4-9)10-5/h1,10H,2-4H2. The zero-order valence-corrected chi connectivity index (χ0v) is 6.23. The minimum Gasteiger partial charge on any atom is -0.281 e. The van der Waals surface area contributed by atoms with Crippen molar-refractivity contribution < 1.29 is 13.2 Å². The zero-order chi connectivity index (χ0) is 8.97. The molecule has 0 fully saturated rings. The molecule has 1 N–H and O–H groups in total. The smallest absolute Gasteiger partial charge is 0.198 e. The molecule has 0 spiro atoms. The van der Waals surface area contributed by atoms with Crippen LogP contribution in [0.2, 0.25) is 0 Å². The van der Waals surface area contributed by atoms with Crippen LogP contribution in [0.4, 0.5) is 13.2 Å². The largest absolute Gasteiger partial charge is 0.281 e. The van der Waals surface area contributed by atoms with Gasteiger partial charge in [-0.3, -0.25) is 5.43 Å². The van der Waals surface area contributed by atoms with Gasteiger partial charge in [0.25, 0.3) is 0 Å². The molecule has 1 aliphatic rings. The van der Waals surface area contributed by atoms with Crippen LogP contribution in [0, 0.1) is 0 Å². The van der Waals surface area contributed by atoms with Crippen molar-refractivity contribution in [1.29, 1.82) is 0 Å². The fourth-order valence-electron chi connectivity index (χ4n) is 0.798. The maximum Gasteiger partial charge on any atom is 0.198 e. The van der Waals surface area contributed by atoms with E-state index in [4.69, 9.17) is 0 Å². The summed E-state index contributed by atoms with van der Waals surface area (Å²) in [5.74, 6) is 0. The van der Waals surface area contributed by atoms with Crippen molar-refractivity contribution in [3.63, 3.8) is 0 Å². The van der Waals surface area contributed by atoms with E-state index in [0.29, 0.717) is 0 Å². The topological polar surface area (TPSA) is 27.6 Å². The second kappa shape index (κ2) is 3.99. The molecular weight excluding hydrogens is 171 g/mol. The first-order valence-electron chi connectivity index (χ1n) is 3.30. The molecule has 12 heavy (non-hydrogen) atoms. The highest BCUT2D eigenvalue weighted by Crippen LogP contribution is 2.03. The second-order valence-corrected chi connectivity index (χ2v) is 2.16. The van der Waals surface area contributed by atoms with E-state index >= 15 is 0 Å². The van der Waals surface area contributed by atoms with Gasteiger partial charge in [-0.25, -0.2) is 13.2 Å². The summed E-state index contributed by atoms with van der Waals surface area (Å²) in [6.07, 6.45) is 1.21. The average molecular weight is 179 g/mol. The molecule has 3 nitrogen and oxygen atoms in total. The number of nitrogens with zero attached hydrogens (tertiary/aromatic N) is 2. The molecule has 6 heteroatoms. The summed E-state index contributed by atoms with van der Waals surface area (Å²) in [4.78, 5) is 0. The third-order valence-electron chi connectivity index (χ3n) is 1.26. The molecule has 0 saturated carbocycles. The van der Waals surface area contributed by atoms with E-state index in [9.17, 15) is 13.2 Å². The van der Waals surface area contributed by atoms with Crippen LogP contribution < -0.4 is 5.43 Å². The van der Waals surface area contributed by atoms with Crippen molar-refractivity contribution in [3.8, 4) is 0 Å². The third-order valence-corrected chi connectivity index (χ3v) is 1.26. The number of nitrogens with one attached hydrogen (secondary N) is 1. The Balaban J connectivity index is 2.70. The fraction of sp³-hybridized carbons (Fsp3) is 0.500. The number of rotatable bonds is 3. The van der Waals surface area contributed by atoms with Gasteiger partial charge in [-0.1, -0.05) is 0 Å². The maximum absolute atomic E-state index is 12.0. The number of hydrazine groups is 1. The highest BCUT2D eigenvalue weighted by molar-refractivity contribution is 5.96. The summed E-state index contributed by atoms with van der Waals surface area (Å²) in [6.45, 7) is -2.56. The molecule has 0 aromatic rings. The SMILES string of the molecule is FCC1=CC(CF)=NN(CF)N1. The first-order chi connectivity index (χ1) is 5.80. The Bertz CT molecular complexity index is 214. The van der Waals surface area contributed by atoms with Gasteiger partial charge in [0.15, 0.2) is 6.80 Å². The van der Waals surface area contributed by atoms with Crippen molar-refractivity contribution in [2.45, 2.75) is 0 Å². The summed E-state index contributed by atoms with van der Waals surface area (Å²) >= 11 is 0. The minimum atomic E-state index is -0.930. The minimum absolute atomic E-state index is 0.0130. The lowest BCUT2D eigenvalue weighted by molar-refractivity contribution is 0.136. The normalized spacial score (nSPS) is 16.8. The Morgan fingerprint density at radius 1 is 1.33 bits per heavy atom. The Labute approximate surface area is 67.5 Å². The van der Waals surface area contributed by atoms with Crippen molar-refractivity contribution in [2.75, 3.05) is 20.1 Å². The highest BCUT2D eigenvalue weighted by Gasteiger charge is 2.11. The summed E-state index contributed by atoms with van der Waals surface area (Å²) in [5, 5.41) is 4.20. The van der Waals surface area contributed by atoms with Gasteiger partial charge in [0.1, 0.15) is 13.3 Å². The van der Waals surface area contributed by atoms with Crippen LogP contribution in [0.3, 0.4) is 0 Å². The Morgan fingerprint density at radius 3 is 2.58 bits per heavy atom. The predicted molar refractivity (Wildman–Crippen MR) is 38.4 cm³/mol. The Morgan fingerprint density at radius 2 is 2.08 bits per heavy atom. The number of halogens is 3. The molecule has 0 aromatic carbocycles. The van der Waals surface area contributed by atoms with E-state index < -0.39 is 20.1 Å². The van der Waals surface area contributed by atoms with Crippen molar-refractivity contribution >= 4 is 5.71 Å². The summed E-state index contributed by atoms with van der Waals surface area (Å²) in [5.41, 5.74) is 2.43. The third kappa shape index (κ3) is 1.90. The van der Waals surface area contributed by atoms with E-state index in [0.717, 1.165) is 5.12 Å². The second-order valence-electron chi connectivity index (χ2n) is 2.16. The average Bonchev–Trinajstić information content (AvgIpc) is 2.16. The van der Waals surface area contributed by atoms with E-state index in [1.54, 1.807) is 0 Å². The summed E-state index contributed by atoms with van der Waals surface area (Å²) < 4.78 is 36.0. The Kier molecular flexibility index (Phi) is 2.95. The molecule has 0 bridgehead atoms. The van der Waals surface area contributed by atoms with E-state index in [-0.39, 0.29) is 11.4 Å². The van der Waals surface area contributed by atoms with Gasteiger partial charge in [0.2, 0.25) is 0 Å². The number of allylic oxidation sites excluding steroid dienone is 2. The molecule has 1 rings (SSSR count). The summed E-state index contributed by atoms with van der Waals surface area (Å²) in [6, 6.07) is 0. The molecule has 0 unspecified atom stereocenters. The van der Waals surface area contributed by atoms with Crippen LogP contribution in [0.25, 0.3) is 0 Å². The molecule has 0 atom stereocenters. The maximum atomic E-state index is 12.0. The highest BCUT2D eigenvalue weighted by atomic mass is 19.1. The number of hydrazone groups is 1. The van der Waals surface area contributed by atoms with Gasteiger partial charge >= 0.3 is 0 Å². The quantitative estimate of drug-likeness (QED) is 0.652. The first kappa shape index (κ1) is 8.89. The van der Waals surface area contributed by atoms with Crippen LogP contribution in [0.5, 0.6) is 0 Å². The van der Waals surface area contributed by atoms with Crippen LogP contribution in [-0.2, 0) is 0 Å². The van der Waals surface area contributed by atoms with Gasteiger partial charge in [0, 0.05) is 0 Å². The van der Waals surface area contributed by atoms with Gasteiger partial charge in [-0.2, -0.15) is 10.2 Å². The molecule has 0 aromatic heterocycles. The Hall–Kier alpha value is -1.20. The lowest BCUT2D eigenvalue weighted by Gasteiger charge is -2.22. The molecule has 1 aliphatic heterocycles. The van der Waals surface area contributed by atoms with Gasteiger partial charge in [-0.05, 0) is 6.08 Å². The number of alkyl halides is 3. The first-order valence-corrected chi connectivity index (χ1v) is 3.30. The molecule has 0 amide bonds. The van der Waals surface area contributed by atoms with E-state index in [1.807, 2.05) is 0 Å². The molecule has 1 heterocycles. The lowest BCUT2D eigenvalue weighted by atomic mass is 10.3. The van der Waals surface area contributed by atoms with Crippen molar-refractivity contribution in [3.05, 3.63) is 11.8 Å². The van der Waals surface area contributed by atoms with Gasteiger partial charge < -0.3 is 0 Å². The zero-order valence-electron chi connectivity index (χ0n) is 6.23. The molecule has 0 saturated heterocycles. The number of hydrogen-bond acceptors (Lipinski definition) is 3. The van der Waals surface area contributed by atoms with E-state index in [1.165, 1.54) is 6.08 Å². The predicted octanol–water partition coefficient (Wildman–Crippen LogP) is 0.913. The van der Waals surface area contributed by atoms with Crippen molar-refractivity contribution in [2.24, 2.45) is 5.10 Å². The molecule has 0 radical (unpaired) electrons. The van der Waals surface area contributed by atoms with Crippen LogP contribution in [-0.4, -0.2) is 31.0 Å².